The Hall–Kier alpha value is -3.47. The van der Waals surface area contributed by atoms with Gasteiger partial charge in [0.15, 0.2) is 0 Å². The highest BCUT2D eigenvalue weighted by Gasteiger charge is 2.29. The van der Waals surface area contributed by atoms with E-state index in [0.717, 1.165) is 22.6 Å². The predicted molar refractivity (Wildman–Crippen MR) is 112 cm³/mol. The van der Waals surface area contributed by atoms with Crippen molar-refractivity contribution in [1.82, 2.24) is 9.78 Å². The number of amides is 1. The number of hydrogen-bond donors (Lipinski definition) is 0. The fraction of sp³-hybridized carbons (Fsp3) is 0.174. The normalized spacial score (nSPS) is 15.4. The van der Waals surface area contributed by atoms with Crippen LogP contribution in [0.15, 0.2) is 71.3 Å². The maximum Gasteiger partial charge on any atom is 0.280 e. The number of aromatic nitrogens is 2. The van der Waals surface area contributed by atoms with Gasteiger partial charge < -0.3 is 0 Å². The third kappa shape index (κ3) is 3.27. The fourth-order valence-electron chi connectivity index (χ4n) is 3.40. The molecule has 5 heteroatoms. The van der Waals surface area contributed by atoms with E-state index in [1.165, 1.54) is 10.6 Å². The Bertz CT molecular complexity index is 1080. The first-order valence-corrected chi connectivity index (χ1v) is 9.29. The summed E-state index contributed by atoms with van der Waals surface area (Å²) in [6, 6.07) is 19.7. The number of nitrogens with zero attached hydrogens (tertiary/aromatic N) is 4. The molecular formula is C23H22N4O. The average Bonchev–Trinajstić information content (AvgIpc) is 3.14. The Morgan fingerprint density at radius 3 is 2.25 bits per heavy atom. The first-order valence-electron chi connectivity index (χ1n) is 9.29. The second-order valence-corrected chi connectivity index (χ2v) is 6.92. The van der Waals surface area contributed by atoms with Crippen LogP contribution in [0, 0.1) is 13.8 Å². The molecule has 4 rings (SSSR count). The highest BCUT2D eigenvalue weighted by molar-refractivity contribution is 6.32. The van der Waals surface area contributed by atoms with Crippen LogP contribution in [-0.4, -0.2) is 21.4 Å². The molecule has 0 spiro atoms. The van der Waals surface area contributed by atoms with Gasteiger partial charge in [-0.2, -0.15) is 15.2 Å². The minimum atomic E-state index is -0.113. The summed E-state index contributed by atoms with van der Waals surface area (Å²) in [6.45, 7) is 6.58. The van der Waals surface area contributed by atoms with Crippen molar-refractivity contribution in [3.63, 3.8) is 0 Å². The third-order valence-electron chi connectivity index (χ3n) is 4.96. The second-order valence-electron chi connectivity index (χ2n) is 6.92. The molecule has 5 nitrogen and oxygen atoms in total. The number of hydrogen-bond acceptors (Lipinski definition) is 3. The van der Waals surface area contributed by atoms with E-state index in [1.807, 2.05) is 80.1 Å². The number of carbonyl (C=O) groups is 1. The second kappa shape index (κ2) is 7.27. The van der Waals surface area contributed by atoms with Gasteiger partial charge >= 0.3 is 0 Å². The number of anilines is 1. The smallest absolute Gasteiger partial charge is 0.267 e. The molecule has 2 heterocycles. The molecule has 0 fully saturated rings. The zero-order valence-electron chi connectivity index (χ0n) is 16.3. The maximum absolute atomic E-state index is 13.0. The van der Waals surface area contributed by atoms with Gasteiger partial charge in [0.25, 0.3) is 5.91 Å². The summed E-state index contributed by atoms with van der Waals surface area (Å²) in [5.74, 6) is -0.113. The van der Waals surface area contributed by atoms with E-state index < -0.39 is 0 Å². The van der Waals surface area contributed by atoms with Crippen molar-refractivity contribution in [2.45, 2.75) is 27.3 Å². The van der Waals surface area contributed by atoms with Crippen LogP contribution in [0.5, 0.6) is 0 Å². The Labute approximate surface area is 164 Å². The number of carbonyl (C=O) groups excluding carboxylic acids is 1. The predicted octanol–water partition coefficient (Wildman–Crippen LogP) is 4.35. The Balaban J connectivity index is 1.66. The van der Waals surface area contributed by atoms with Gasteiger partial charge in [-0.15, -0.1) is 0 Å². The van der Waals surface area contributed by atoms with E-state index in [-0.39, 0.29) is 5.91 Å². The SMILES string of the molecule is CC1=NN(c2ccccc2)C(=O)/C1=C\c1c(C)nn(Cc2ccccc2)c1C. The third-order valence-corrected chi connectivity index (χ3v) is 4.96. The summed E-state index contributed by atoms with van der Waals surface area (Å²) in [6.07, 6.45) is 1.92. The van der Waals surface area contributed by atoms with Crippen molar-refractivity contribution in [3.05, 3.63) is 88.8 Å². The number of hydrazone groups is 1. The molecule has 140 valence electrons. The average molecular weight is 370 g/mol. The van der Waals surface area contributed by atoms with E-state index >= 15 is 0 Å². The van der Waals surface area contributed by atoms with Gasteiger partial charge in [0.05, 0.1) is 29.2 Å². The largest absolute Gasteiger partial charge is 0.280 e. The van der Waals surface area contributed by atoms with Gasteiger partial charge in [0.1, 0.15) is 0 Å². The van der Waals surface area contributed by atoms with Gasteiger partial charge in [-0.1, -0.05) is 48.5 Å². The van der Waals surface area contributed by atoms with Crippen molar-refractivity contribution < 1.29 is 4.79 Å². The van der Waals surface area contributed by atoms with Crippen LogP contribution in [0.2, 0.25) is 0 Å². The van der Waals surface area contributed by atoms with E-state index in [4.69, 9.17) is 0 Å². The Morgan fingerprint density at radius 1 is 0.929 bits per heavy atom. The fourth-order valence-corrected chi connectivity index (χ4v) is 3.40. The first-order chi connectivity index (χ1) is 13.5. The zero-order chi connectivity index (χ0) is 19.7. The standard InChI is InChI=1S/C23H22N4O/c1-16-21(18(3)26(24-16)15-19-10-6-4-7-11-19)14-22-17(2)25-27(23(22)28)20-12-8-5-9-13-20/h4-14H,15H2,1-3H3/b22-14-. The Kier molecular flexibility index (Phi) is 4.65. The molecule has 1 aliphatic rings. The van der Waals surface area contributed by atoms with Crippen LogP contribution in [-0.2, 0) is 11.3 Å². The molecule has 1 aromatic heterocycles. The first kappa shape index (κ1) is 17.9. The molecule has 0 atom stereocenters. The zero-order valence-corrected chi connectivity index (χ0v) is 16.3. The Morgan fingerprint density at radius 2 is 1.57 bits per heavy atom. The summed E-state index contributed by atoms with van der Waals surface area (Å²) >= 11 is 0. The van der Waals surface area contributed by atoms with Crippen LogP contribution in [0.4, 0.5) is 5.69 Å². The molecule has 0 unspecified atom stereocenters. The number of aryl methyl sites for hydroxylation is 1. The molecule has 0 N–H and O–H groups in total. The maximum atomic E-state index is 13.0. The molecule has 28 heavy (non-hydrogen) atoms. The van der Waals surface area contributed by atoms with Gasteiger partial charge in [-0.25, -0.2) is 0 Å². The quantitative estimate of drug-likeness (QED) is 0.641. The van der Waals surface area contributed by atoms with Gasteiger partial charge in [0.2, 0.25) is 0 Å². The monoisotopic (exact) mass is 370 g/mol. The van der Waals surface area contributed by atoms with Crippen molar-refractivity contribution in [3.8, 4) is 0 Å². The lowest BCUT2D eigenvalue weighted by atomic mass is 10.1. The summed E-state index contributed by atoms with van der Waals surface area (Å²) in [5.41, 5.74) is 6.19. The molecule has 2 aromatic carbocycles. The molecule has 0 aliphatic carbocycles. The highest BCUT2D eigenvalue weighted by Crippen LogP contribution is 2.26. The molecule has 1 aliphatic heterocycles. The molecule has 1 amide bonds. The summed E-state index contributed by atoms with van der Waals surface area (Å²) in [7, 11) is 0. The minimum absolute atomic E-state index is 0.113. The molecule has 0 bridgehead atoms. The van der Waals surface area contributed by atoms with Crippen LogP contribution >= 0.6 is 0 Å². The lowest BCUT2D eigenvalue weighted by Gasteiger charge is -2.11. The summed E-state index contributed by atoms with van der Waals surface area (Å²) in [4.78, 5) is 13.0. The molecule has 0 radical (unpaired) electrons. The number of para-hydroxylation sites is 1. The van der Waals surface area contributed by atoms with Gasteiger partial charge in [-0.05, 0) is 44.5 Å². The van der Waals surface area contributed by atoms with E-state index in [2.05, 4.69) is 22.3 Å². The van der Waals surface area contributed by atoms with Gasteiger partial charge in [0, 0.05) is 11.3 Å². The van der Waals surface area contributed by atoms with Gasteiger partial charge in [-0.3, -0.25) is 9.48 Å². The number of benzene rings is 2. The van der Waals surface area contributed by atoms with Crippen LogP contribution < -0.4 is 5.01 Å². The minimum Gasteiger partial charge on any atom is -0.267 e. The molecular weight excluding hydrogens is 348 g/mol. The van der Waals surface area contributed by atoms with Crippen LogP contribution in [0.25, 0.3) is 6.08 Å². The van der Waals surface area contributed by atoms with Crippen molar-refractivity contribution >= 4 is 23.4 Å². The highest BCUT2D eigenvalue weighted by atomic mass is 16.2. The molecule has 3 aromatic rings. The van der Waals surface area contributed by atoms with Crippen molar-refractivity contribution in [2.24, 2.45) is 5.10 Å². The molecule has 0 saturated heterocycles. The number of rotatable bonds is 4. The van der Waals surface area contributed by atoms with Crippen molar-refractivity contribution in [2.75, 3.05) is 5.01 Å². The summed E-state index contributed by atoms with van der Waals surface area (Å²) < 4.78 is 1.98. The van der Waals surface area contributed by atoms with Crippen molar-refractivity contribution in [1.29, 1.82) is 0 Å². The van der Waals surface area contributed by atoms with E-state index in [9.17, 15) is 4.79 Å². The van der Waals surface area contributed by atoms with Crippen LogP contribution in [0.1, 0.15) is 29.4 Å². The summed E-state index contributed by atoms with van der Waals surface area (Å²) in [5, 5.41) is 10.6. The lowest BCUT2D eigenvalue weighted by Crippen LogP contribution is -2.21. The lowest BCUT2D eigenvalue weighted by molar-refractivity contribution is -0.114. The van der Waals surface area contributed by atoms with Crippen LogP contribution in [0.3, 0.4) is 0 Å². The molecule has 0 saturated carbocycles. The van der Waals surface area contributed by atoms with E-state index in [0.29, 0.717) is 17.8 Å². The topological polar surface area (TPSA) is 50.5 Å². The van der Waals surface area contributed by atoms with E-state index in [1.54, 1.807) is 0 Å².